The van der Waals surface area contributed by atoms with E-state index in [0.29, 0.717) is 18.1 Å². The molecular formula is C18H19N5O3S. The SMILES string of the molecule is CSC(=O)c1ccc2c(n1)N(C(=O)Nc1cccn(C)c1=O)C1CCN2C1. The Balaban J connectivity index is 1.72. The van der Waals surface area contributed by atoms with Crippen molar-refractivity contribution in [1.82, 2.24) is 9.55 Å². The van der Waals surface area contributed by atoms with Gasteiger partial charge in [0, 0.05) is 26.3 Å². The number of carbonyl (C=O) groups excluding carboxylic acids is 2. The standard InChI is InChI=1S/C18H19N5O3S/c1-21-8-3-4-12(16(21)24)20-18(26)23-11-7-9-22(10-11)14-6-5-13(17(25)27-2)19-15(14)23/h3-6,8,11H,7,9-10H2,1-2H3,(H,20,26). The van der Waals surface area contributed by atoms with Crippen LogP contribution in [0.2, 0.25) is 0 Å². The van der Waals surface area contributed by atoms with Gasteiger partial charge < -0.3 is 14.8 Å². The molecule has 0 aromatic carbocycles. The lowest BCUT2D eigenvalue weighted by atomic mass is 10.2. The lowest BCUT2D eigenvalue weighted by molar-refractivity contribution is 0.108. The Kier molecular flexibility index (Phi) is 4.39. The summed E-state index contributed by atoms with van der Waals surface area (Å²) in [6.07, 6.45) is 4.14. The van der Waals surface area contributed by atoms with E-state index < -0.39 is 6.03 Å². The largest absolute Gasteiger partial charge is 0.366 e. The second kappa shape index (κ2) is 6.73. The summed E-state index contributed by atoms with van der Waals surface area (Å²) >= 11 is 1.08. The summed E-state index contributed by atoms with van der Waals surface area (Å²) < 4.78 is 1.41. The molecule has 4 heterocycles. The maximum atomic E-state index is 13.1. The predicted molar refractivity (Wildman–Crippen MR) is 106 cm³/mol. The van der Waals surface area contributed by atoms with E-state index >= 15 is 0 Å². The third-order valence-corrected chi connectivity index (χ3v) is 5.51. The molecule has 2 aromatic rings. The van der Waals surface area contributed by atoms with E-state index in [1.54, 1.807) is 42.6 Å². The Morgan fingerprint density at radius 3 is 2.89 bits per heavy atom. The quantitative estimate of drug-likeness (QED) is 0.850. The molecule has 140 valence electrons. The Bertz CT molecular complexity index is 989. The Morgan fingerprint density at radius 2 is 2.11 bits per heavy atom. The molecular weight excluding hydrogens is 366 g/mol. The van der Waals surface area contributed by atoms with Gasteiger partial charge in [-0.25, -0.2) is 9.78 Å². The normalized spacial score (nSPS) is 17.6. The smallest absolute Gasteiger partial charge is 0.328 e. The van der Waals surface area contributed by atoms with Gasteiger partial charge in [0.15, 0.2) is 5.82 Å². The first-order chi connectivity index (χ1) is 13.0. The lowest BCUT2D eigenvalue weighted by Gasteiger charge is -2.35. The van der Waals surface area contributed by atoms with Crippen LogP contribution in [0.3, 0.4) is 0 Å². The minimum absolute atomic E-state index is 0.0443. The van der Waals surface area contributed by atoms with Crippen LogP contribution >= 0.6 is 11.8 Å². The predicted octanol–water partition coefficient (Wildman–Crippen LogP) is 1.91. The van der Waals surface area contributed by atoms with Crippen molar-refractivity contribution in [2.75, 3.05) is 34.5 Å². The summed E-state index contributed by atoms with van der Waals surface area (Å²) in [7, 11) is 1.63. The van der Waals surface area contributed by atoms with Crippen LogP contribution in [0, 0.1) is 0 Å². The molecule has 0 radical (unpaired) electrons. The van der Waals surface area contributed by atoms with Crippen molar-refractivity contribution < 1.29 is 9.59 Å². The van der Waals surface area contributed by atoms with Crippen molar-refractivity contribution in [2.24, 2.45) is 7.05 Å². The van der Waals surface area contributed by atoms with Crippen LogP contribution in [0.15, 0.2) is 35.3 Å². The summed E-state index contributed by atoms with van der Waals surface area (Å²) in [5.74, 6) is 0.467. The van der Waals surface area contributed by atoms with Crippen LogP contribution in [0.4, 0.5) is 22.0 Å². The average molecular weight is 385 g/mol. The number of hydrogen-bond donors (Lipinski definition) is 1. The highest BCUT2D eigenvalue weighted by Crippen LogP contribution is 2.39. The molecule has 2 aliphatic heterocycles. The molecule has 2 aromatic heterocycles. The number of nitrogens with one attached hydrogen (secondary N) is 1. The number of fused-ring (bicyclic) bond motifs is 4. The number of aryl methyl sites for hydroxylation is 1. The zero-order chi connectivity index (χ0) is 19.1. The summed E-state index contributed by atoms with van der Waals surface area (Å²) in [6, 6.07) is 6.36. The number of thioether (sulfide) groups is 1. The van der Waals surface area contributed by atoms with Gasteiger partial charge in [0.2, 0.25) is 5.12 Å². The van der Waals surface area contributed by atoms with Crippen LogP contribution in [0.1, 0.15) is 16.9 Å². The van der Waals surface area contributed by atoms with Crippen molar-refractivity contribution in [2.45, 2.75) is 12.5 Å². The van der Waals surface area contributed by atoms with E-state index in [9.17, 15) is 14.4 Å². The molecule has 0 aliphatic carbocycles. The maximum Gasteiger partial charge on any atom is 0.328 e. The topological polar surface area (TPSA) is 87.5 Å². The number of rotatable bonds is 2. The molecule has 1 saturated heterocycles. The molecule has 1 fully saturated rings. The van der Waals surface area contributed by atoms with Crippen LogP contribution in [0.5, 0.6) is 0 Å². The van der Waals surface area contributed by atoms with Gasteiger partial charge >= 0.3 is 6.03 Å². The fraction of sp³-hybridized carbons (Fsp3) is 0.333. The molecule has 1 atom stereocenters. The Morgan fingerprint density at radius 1 is 1.30 bits per heavy atom. The first kappa shape index (κ1) is 17.6. The molecule has 2 bridgehead atoms. The van der Waals surface area contributed by atoms with E-state index in [2.05, 4.69) is 15.2 Å². The number of carbonyl (C=O) groups is 2. The van der Waals surface area contributed by atoms with E-state index in [1.165, 1.54) is 4.57 Å². The second-order valence-electron chi connectivity index (χ2n) is 6.56. The fourth-order valence-electron chi connectivity index (χ4n) is 3.56. The summed E-state index contributed by atoms with van der Waals surface area (Å²) in [6.45, 7) is 1.54. The minimum atomic E-state index is -0.410. The first-order valence-electron chi connectivity index (χ1n) is 8.59. The highest BCUT2D eigenvalue weighted by atomic mass is 32.2. The Labute approximate surface area is 160 Å². The van der Waals surface area contributed by atoms with E-state index in [4.69, 9.17) is 0 Å². The number of nitrogens with zero attached hydrogens (tertiary/aromatic N) is 4. The molecule has 4 rings (SSSR count). The van der Waals surface area contributed by atoms with Crippen molar-refractivity contribution in [3.8, 4) is 0 Å². The van der Waals surface area contributed by atoms with Gasteiger partial charge in [-0.3, -0.25) is 14.5 Å². The molecule has 0 saturated carbocycles. The third-order valence-electron chi connectivity index (χ3n) is 4.93. The van der Waals surface area contributed by atoms with Gasteiger partial charge in [-0.05, 0) is 36.9 Å². The van der Waals surface area contributed by atoms with Gasteiger partial charge in [0.25, 0.3) is 5.56 Å². The number of urea groups is 1. The summed E-state index contributed by atoms with van der Waals surface area (Å²) in [4.78, 5) is 45.6. The van der Waals surface area contributed by atoms with Crippen molar-refractivity contribution in [3.63, 3.8) is 0 Å². The third kappa shape index (κ3) is 2.97. The fourth-order valence-corrected chi connectivity index (χ4v) is 3.88. The molecule has 8 nitrogen and oxygen atoms in total. The van der Waals surface area contributed by atoms with E-state index in [1.807, 2.05) is 6.07 Å². The van der Waals surface area contributed by atoms with Crippen molar-refractivity contribution >= 4 is 40.1 Å². The van der Waals surface area contributed by atoms with Crippen molar-refractivity contribution in [3.05, 3.63) is 46.5 Å². The number of amides is 2. The monoisotopic (exact) mass is 385 g/mol. The van der Waals surface area contributed by atoms with Crippen LogP contribution in [0.25, 0.3) is 0 Å². The van der Waals surface area contributed by atoms with Gasteiger partial charge in [-0.1, -0.05) is 11.8 Å². The molecule has 1 N–H and O–H groups in total. The lowest BCUT2D eigenvalue weighted by Crippen LogP contribution is -2.49. The van der Waals surface area contributed by atoms with Gasteiger partial charge in [0.05, 0.1) is 11.7 Å². The minimum Gasteiger partial charge on any atom is -0.366 e. The molecule has 9 heteroatoms. The van der Waals surface area contributed by atoms with Crippen LogP contribution in [-0.2, 0) is 7.05 Å². The maximum absolute atomic E-state index is 13.1. The van der Waals surface area contributed by atoms with Gasteiger partial charge in [-0.2, -0.15) is 0 Å². The molecule has 2 aliphatic rings. The summed E-state index contributed by atoms with van der Waals surface area (Å²) in [5, 5.41) is 2.56. The second-order valence-corrected chi connectivity index (χ2v) is 7.34. The first-order valence-corrected chi connectivity index (χ1v) is 9.82. The molecule has 2 amide bonds. The van der Waals surface area contributed by atoms with Gasteiger partial charge in [0.1, 0.15) is 11.4 Å². The number of hydrogen-bond acceptors (Lipinski definition) is 6. The van der Waals surface area contributed by atoms with E-state index in [-0.39, 0.29) is 22.4 Å². The zero-order valence-electron chi connectivity index (χ0n) is 15.0. The summed E-state index contributed by atoms with van der Waals surface area (Å²) in [5.41, 5.74) is 1.08. The van der Waals surface area contributed by atoms with Crippen LogP contribution in [-0.4, -0.2) is 46.1 Å². The highest BCUT2D eigenvalue weighted by molar-refractivity contribution is 8.13. The van der Waals surface area contributed by atoms with E-state index in [0.717, 1.165) is 30.4 Å². The Hall–Kier alpha value is -2.81. The zero-order valence-corrected chi connectivity index (χ0v) is 15.8. The van der Waals surface area contributed by atoms with Crippen molar-refractivity contribution in [1.29, 1.82) is 0 Å². The number of pyridine rings is 2. The molecule has 27 heavy (non-hydrogen) atoms. The molecule has 0 spiro atoms. The van der Waals surface area contributed by atoms with Crippen LogP contribution < -0.4 is 20.7 Å². The van der Waals surface area contributed by atoms with Gasteiger partial charge in [-0.15, -0.1) is 0 Å². The number of aromatic nitrogens is 2. The highest BCUT2D eigenvalue weighted by Gasteiger charge is 2.40. The number of anilines is 3. The molecule has 1 unspecified atom stereocenters. The average Bonchev–Trinajstić information content (AvgIpc) is 3.09.